The van der Waals surface area contributed by atoms with Crippen molar-refractivity contribution in [2.24, 2.45) is 0 Å². The van der Waals surface area contributed by atoms with E-state index in [9.17, 15) is 0 Å². The SMILES string of the molecule is C=C/C=C\C1=CC(C)(C)c2ccc(/C(C)=C/c3c(C=C)oc4ccc(N5c6ccccc6C6C=CC=C[C@@H]65)cc34)cc21. The van der Waals surface area contributed by atoms with Crippen molar-refractivity contribution >= 4 is 45.6 Å². The van der Waals surface area contributed by atoms with Crippen molar-refractivity contribution in [2.75, 3.05) is 4.90 Å². The van der Waals surface area contributed by atoms with E-state index < -0.39 is 0 Å². The minimum Gasteiger partial charge on any atom is -0.456 e. The normalized spacial score (nSPS) is 20.1. The molecule has 1 aliphatic heterocycles. The Morgan fingerprint density at radius 3 is 2.64 bits per heavy atom. The van der Waals surface area contributed by atoms with Gasteiger partial charge in [-0.05, 0) is 82.8 Å². The predicted octanol–water partition coefficient (Wildman–Crippen LogP) is 10.8. The molecule has 0 N–H and O–H groups in total. The predicted molar refractivity (Wildman–Crippen MR) is 180 cm³/mol. The largest absolute Gasteiger partial charge is 0.456 e. The highest BCUT2D eigenvalue weighted by atomic mass is 16.3. The highest BCUT2D eigenvalue weighted by Gasteiger charge is 2.37. The summed E-state index contributed by atoms with van der Waals surface area (Å²) in [6, 6.07) is 22.4. The van der Waals surface area contributed by atoms with Crippen LogP contribution < -0.4 is 4.90 Å². The van der Waals surface area contributed by atoms with Gasteiger partial charge in [-0.3, -0.25) is 0 Å². The zero-order chi connectivity index (χ0) is 29.0. The average molecular weight is 546 g/mol. The Labute approximate surface area is 248 Å². The molecule has 42 heavy (non-hydrogen) atoms. The molecule has 0 bridgehead atoms. The number of fused-ring (bicyclic) bond motifs is 5. The van der Waals surface area contributed by atoms with Crippen molar-refractivity contribution in [3.63, 3.8) is 0 Å². The third kappa shape index (κ3) is 4.10. The van der Waals surface area contributed by atoms with Gasteiger partial charge in [-0.2, -0.15) is 0 Å². The monoisotopic (exact) mass is 545 g/mol. The summed E-state index contributed by atoms with van der Waals surface area (Å²) in [6.45, 7) is 14.7. The van der Waals surface area contributed by atoms with E-state index in [4.69, 9.17) is 4.42 Å². The number of furan rings is 1. The molecule has 0 saturated heterocycles. The molecule has 2 nitrogen and oxygen atoms in total. The van der Waals surface area contributed by atoms with Gasteiger partial charge in [0, 0.05) is 33.7 Å². The second-order valence-electron chi connectivity index (χ2n) is 12.0. The maximum absolute atomic E-state index is 6.31. The smallest absolute Gasteiger partial charge is 0.135 e. The molecule has 2 heterocycles. The lowest BCUT2D eigenvalue weighted by molar-refractivity contribution is 0.603. The van der Waals surface area contributed by atoms with Crippen LogP contribution in [0, 0.1) is 0 Å². The Morgan fingerprint density at radius 2 is 1.81 bits per heavy atom. The topological polar surface area (TPSA) is 16.4 Å². The molecule has 2 atom stereocenters. The summed E-state index contributed by atoms with van der Waals surface area (Å²) in [5.41, 5.74) is 12.0. The van der Waals surface area contributed by atoms with Crippen LogP contribution in [0.3, 0.4) is 0 Å². The first kappa shape index (κ1) is 26.1. The van der Waals surface area contributed by atoms with Crippen LogP contribution in [-0.2, 0) is 5.41 Å². The first-order valence-electron chi connectivity index (χ1n) is 14.7. The summed E-state index contributed by atoms with van der Waals surface area (Å²) in [5.74, 6) is 1.14. The van der Waals surface area contributed by atoms with Crippen LogP contribution in [0.2, 0.25) is 0 Å². The lowest BCUT2D eigenvalue weighted by atomic mass is 9.86. The van der Waals surface area contributed by atoms with E-state index in [1.807, 2.05) is 18.2 Å². The number of para-hydroxylation sites is 1. The van der Waals surface area contributed by atoms with Crippen molar-refractivity contribution in [3.8, 4) is 0 Å². The molecule has 0 spiro atoms. The second-order valence-corrected chi connectivity index (χ2v) is 12.0. The van der Waals surface area contributed by atoms with Gasteiger partial charge >= 0.3 is 0 Å². The lowest BCUT2D eigenvalue weighted by Gasteiger charge is -2.28. The van der Waals surface area contributed by atoms with Crippen LogP contribution >= 0.6 is 0 Å². The number of rotatable bonds is 6. The standard InChI is InChI=1S/C40H35NO/c1-6-8-13-28-25-40(4,5)35-20-18-27(23-32(28)35)26(3)22-33-34-24-29(19-21-39(34)42-38(33)7-2)41-36-16-11-9-14-30(36)31-15-10-12-17-37(31)41/h6-25,30,36H,1-2H2,3-5H3/b13-8-,26-22+/t30?,36-/m0/s1. The van der Waals surface area contributed by atoms with Crippen LogP contribution in [0.15, 0.2) is 127 Å². The van der Waals surface area contributed by atoms with Crippen molar-refractivity contribution < 1.29 is 4.42 Å². The van der Waals surface area contributed by atoms with Crippen LogP contribution in [0.25, 0.3) is 34.3 Å². The van der Waals surface area contributed by atoms with Gasteiger partial charge in [-0.25, -0.2) is 0 Å². The Balaban J connectivity index is 1.32. The second kappa shape index (κ2) is 9.92. The van der Waals surface area contributed by atoms with Gasteiger partial charge in [0.2, 0.25) is 0 Å². The molecule has 0 radical (unpaired) electrons. The van der Waals surface area contributed by atoms with Gasteiger partial charge in [0.1, 0.15) is 11.3 Å². The van der Waals surface area contributed by atoms with Crippen LogP contribution in [0.1, 0.15) is 60.3 Å². The van der Waals surface area contributed by atoms with Gasteiger partial charge in [-0.1, -0.05) is 106 Å². The average Bonchev–Trinajstić information content (AvgIpc) is 3.62. The number of hydrogen-bond donors (Lipinski definition) is 0. The Bertz CT molecular complexity index is 1920. The Hall–Kier alpha value is -4.82. The number of nitrogens with zero attached hydrogens (tertiary/aromatic N) is 1. The highest BCUT2D eigenvalue weighted by Crippen LogP contribution is 2.48. The van der Waals surface area contributed by atoms with Gasteiger partial charge in [0.15, 0.2) is 0 Å². The molecule has 3 aromatic carbocycles. The number of benzene rings is 3. The molecule has 1 aromatic heterocycles. The van der Waals surface area contributed by atoms with E-state index in [0.717, 1.165) is 28.0 Å². The fraction of sp³-hybridized carbons (Fsp3) is 0.150. The molecule has 4 aromatic rings. The van der Waals surface area contributed by atoms with E-state index in [1.165, 1.54) is 39.1 Å². The zero-order valence-electron chi connectivity index (χ0n) is 24.5. The molecule has 206 valence electrons. The Morgan fingerprint density at radius 1 is 0.976 bits per heavy atom. The third-order valence-corrected chi connectivity index (χ3v) is 8.93. The van der Waals surface area contributed by atoms with Gasteiger partial charge in [-0.15, -0.1) is 0 Å². The van der Waals surface area contributed by atoms with Gasteiger partial charge in [0.05, 0.1) is 6.04 Å². The molecule has 0 saturated carbocycles. The molecule has 2 heteroatoms. The van der Waals surface area contributed by atoms with Crippen LogP contribution in [-0.4, -0.2) is 6.04 Å². The summed E-state index contributed by atoms with van der Waals surface area (Å²) in [4.78, 5) is 2.47. The molecule has 0 fully saturated rings. The minimum atomic E-state index is -0.00396. The minimum absolute atomic E-state index is 0.00396. The van der Waals surface area contributed by atoms with Crippen LogP contribution in [0.5, 0.6) is 0 Å². The summed E-state index contributed by atoms with van der Waals surface area (Å²) in [5, 5.41) is 1.09. The van der Waals surface area contributed by atoms with Crippen LogP contribution in [0.4, 0.5) is 11.4 Å². The van der Waals surface area contributed by atoms with Crippen molar-refractivity contribution in [2.45, 2.75) is 38.1 Å². The summed E-state index contributed by atoms with van der Waals surface area (Å²) < 4.78 is 6.31. The number of allylic oxidation sites excluding steroid dienone is 8. The highest BCUT2D eigenvalue weighted by molar-refractivity contribution is 5.98. The maximum Gasteiger partial charge on any atom is 0.135 e. The first-order chi connectivity index (χ1) is 20.4. The number of anilines is 2. The molecule has 2 aliphatic carbocycles. The summed E-state index contributed by atoms with van der Waals surface area (Å²) in [7, 11) is 0. The van der Waals surface area contributed by atoms with Crippen molar-refractivity contribution in [1.82, 2.24) is 0 Å². The molecular weight excluding hydrogens is 510 g/mol. The van der Waals surface area contributed by atoms with E-state index in [2.05, 4.69) is 142 Å². The molecule has 0 amide bonds. The fourth-order valence-corrected chi connectivity index (χ4v) is 6.91. The molecular formula is C40H35NO. The third-order valence-electron chi connectivity index (χ3n) is 8.93. The lowest BCUT2D eigenvalue weighted by Crippen LogP contribution is -2.28. The molecule has 3 aliphatic rings. The maximum atomic E-state index is 6.31. The van der Waals surface area contributed by atoms with E-state index in [1.54, 1.807) is 0 Å². The molecule has 7 rings (SSSR count). The number of hydrogen-bond acceptors (Lipinski definition) is 2. The van der Waals surface area contributed by atoms with E-state index in [-0.39, 0.29) is 11.5 Å². The Kier molecular flexibility index (Phi) is 6.17. The summed E-state index contributed by atoms with van der Waals surface area (Å²) in [6.07, 6.45) is 21.4. The summed E-state index contributed by atoms with van der Waals surface area (Å²) >= 11 is 0. The van der Waals surface area contributed by atoms with Crippen molar-refractivity contribution in [1.29, 1.82) is 0 Å². The van der Waals surface area contributed by atoms with E-state index >= 15 is 0 Å². The first-order valence-corrected chi connectivity index (χ1v) is 14.7. The van der Waals surface area contributed by atoms with Gasteiger partial charge < -0.3 is 9.32 Å². The quantitative estimate of drug-likeness (QED) is 0.224. The fourth-order valence-electron chi connectivity index (χ4n) is 6.91. The van der Waals surface area contributed by atoms with Crippen molar-refractivity contribution in [3.05, 3.63) is 156 Å². The van der Waals surface area contributed by atoms with Gasteiger partial charge in [0.25, 0.3) is 0 Å². The molecule has 1 unspecified atom stereocenters. The van der Waals surface area contributed by atoms with E-state index in [0.29, 0.717) is 5.92 Å². The zero-order valence-corrected chi connectivity index (χ0v) is 24.5.